The van der Waals surface area contributed by atoms with Gasteiger partial charge in [-0.2, -0.15) is 0 Å². The molecule has 4 heteroatoms. The van der Waals surface area contributed by atoms with Crippen LogP contribution >= 0.6 is 0 Å². The zero-order chi connectivity index (χ0) is 16.4. The topological polar surface area (TPSA) is 49.4 Å². The molecule has 0 saturated carbocycles. The summed E-state index contributed by atoms with van der Waals surface area (Å²) in [6, 6.07) is 15.1. The van der Waals surface area contributed by atoms with Gasteiger partial charge in [-0.15, -0.1) is 0 Å². The average Bonchev–Trinajstić information content (AvgIpc) is 2.53. The lowest BCUT2D eigenvalue weighted by molar-refractivity contribution is -0.114. The van der Waals surface area contributed by atoms with Gasteiger partial charge >= 0.3 is 0 Å². The van der Waals surface area contributed by atoms with E-state index < -0.39 is 0 Å². The molecule has 2 amide bonds. The van der Waals surface area contributed by atoms with E-state index in [9.17, 15) is 9.59 Å². The van der Waals surface area contributed by atoms with Gasteiger partial charge in [-0.05, 0) is 42.2 Å². The molecule has 0 aromatic heterocycles. The first-order valence-electron chi connectivity index (χ1n) is 7.82. The van der Waals surface area contributed by atoms with Gasteiger partial charge in [0.25, 0.3) is 5.91 Å². The Balaban J connectivity index is 1.93. The molecule has 0 aliphatic carbocycles. The van der Waals surface area contributed by atoms with E-state index in [-0.39, 0.29) is 11.8 Å². The van der Waals surface area contributed by atoms with Gasteiger partial charge in [0.1, 0.15) is 0 Å². The first-order valence-corrected chi connectivity index (χ1v) is 7.82. The highest BCUT2D eigenvalue weighted by Gasteiger charge is 2.26. The van der Waals surface area contributed by atoms with Crippen molar-refractivity contribution in [2.45, 2.75) is 20.3 Å². The van der Waals surface area contributed by atoms with Gasteiger partial charge in [0.05, 0.1) is 0 Å². The van der Waals surface area contributed by atoms with Crippen molar-refractivity contribution in [1.82, 2.24) is 0 Å². The number of carbonyl (C=O) groups is 2. The number of benzene rings is 2. The monoisotopic (exact) mass is 308 g/mol. The van der Waals surface area contributed by atoms with Crippen LogP contribution in [0.15, 0.2) is 48.5 Å². The van der Waals surface area contributed by atoms with E-state index >= 15 is 0 Å². The van der Waals surface area contributed by atoms with Gasteiger partial charge in [-0.3, -0.25) is 9.59 Å². The zero-order valence-corrected chi connectivity index (χ0v) is 13.4. The molecule has 1 aliphatic rings. The summed E-state index contributed by atoms with van der Waals surface area (Å²) < 4.78 is 0. The summed E-state index contributed by atoms with van der Waals surface area (Å²) in [5, 5.41) is 2.72. The minimum absolute atomic E-state index is 0.0313. The van der Waals surface area contributed by atoms with E-state index in [1.807, 2.05) is 23.1 Å². The van der Waals surface area contributed by atoms with Crippen LogP contribution in [0.5, 0.6) is 0 Å². The molecule has 1 atom stereocenters. The molecule has 1 N–H and O–H groups in total. The summed E-state index contributed by atoms with van der Waals surface area (Å²) in [6.45, 7) is 4.32. The molecule has 0 bridgehead atoms. The minimum atomic E-state index is -0.147. The Bertz CT molecular complexity index is 755. The van der Waals surface area contributed by atoms with Crippen LogP contribution in [0.2, 0.25) is 0 Å². The first-order chi connectivity index (χ1) is 11.0. The van der Waals surface area contributed by atoms with Crippen LogP contribution in [-0.4, -0.2) is 18.4 Å². The second kappa shape index (κ2) is 6.24. The molecule has 0 saturated heterocycles. The molecule has 1 heterocycles. The smallest absolute Gasteiger partial charge is 0.258 e. The maximum atomic E-state index is 13.0. The summed E-state index contributed by atoms with van der Waals surface area (Å²) in [5.41, 5.74) is 3.42. The number of hydrogen-bond acceptors (Lipinski definition) is 2. The molecule has 2 aromatic carbocycles. The number of fused-ring (bicyclic) bond motifs is 1. The Kier molecular flexibility index (Phi) is 4.15. The summed E-state index contributed by atoms with van der Waals surface area (Å²) >= 11 is 0. The van der Waals surface area contributed by atoms with Gasteiger partial charge in [-0.25, -0.2) is 0 Å². The largest absolute Gasteiger partial charge is 0.326 e. The van der Waals surface area contributed by atoms with Crippen LogP contribution in [0.25, 0.3) is 0 Å². The standard InChI is InChI=1S/C19H20N2O2/c1-13-10-15-6-3-4-9-18(15)21(12-13)19(23)16-7-5-8-17(11-16)20-14(2)22/h3-9,11,13H,10,12H2,1-2H3,(H,20,22). The molecule has 3 rings (SSSR count). The van der Waals surface area contributed by atoms with E-state index in [1.165, 1.54) is 12.5 Å². The van der Waals surface area contributed by atoms with Crippen LogP contribution in [0.3, 0.4) is 0 Å². The number of rotatable bonds is 2. The molecule has 1 aliphatic heterocycles. The second-order valence-electron chi connectivity index (χ2n) is 6.12. The number of hydrogen-bond donors (Lipinski definition) is 1. The molecule has 4 nitrogen and oxygen atoms in total. The molecule has 1 unspecified atom stereocenters. The van der Waals surface area contributed by atoms with Crippen LogP contribution < -0.4 is 10.2 Å². The maximum absolute atomic E-state index is 13.0. The van der Waals surface area contributed by atoms with E-state index in [1.54, 1.807) is 24.3 Å². The third-order valence-corrected chi connectivity index (χ3v) is 4.02. The number of para-hydroxylation sites is 1. The third-order valence-electron chi connectivity index (χ3n) is 4.02. The van der Waals surface area contributed by atoms with Crippen molar-refractivity contribution in [2.75, 3.05) is 16.8 Å². The fourth-order valence-electron chi connectivity index (χ4n) is 3.08. The van der Waals surface area contributed by atoms with E-state index in [0.29, 0.717) is 23.7 Å². The molecular formula is C19H20N2O2. The lowest BCUT2D eigenvalue weighted by Gasteiger charge is -2.33. The SMILES string of the molecule is CC(=O)Nc1cccc(C(=O)N2CC(C)Cc3ccccc32)c1. The highest BCUT2D eigenvalue weighted by atomic mass is 16.2. The van der Waals surface area contributed by atoms with Crippen LogP contribution in [0.4, 0.5) is 11.4 Å². The fraction of sp³-hybridized carbons (Fsp3) is 0.263. The lowest BCUT2D eigenvalue weighted by atomic mass is 9.93. The van der Waals surface area contributed by atoms with Gasteiger partial charge in [0.2, 0.25) is 5.91 Å². The number of nitrogens with zero attached hydrogens (tertiary/aromatic N) is 1. The lowest BCUT2D eigenvalue weighted by Crippen LogP contribution is -2.39. The van der Waals surface area contributed by atoms with Gasteiger partial charge in [0, 0.05) is 30.4 Å². The van der Waals surface area contributed by atoms with Crippen molar-refractivity contribution in [3.05, 3.63) is 59.7 Å². The second-order valence-corrected chi connectivity index (χ2v) is 6.12. The Hall–Kier alpha value is -2.62. The minimum Gasteiger partial charge on any atom is -0.326 e. The number of anilines is 2. The molecule has 2 aromatic rings. The normalized spacial score (nSPS) is 16.6. The molecule has 118 valence electrons. The Morgan fingerprint density at radius 1 is 1.13 bits per heavy atom. The summed E-state index contributed by atoms with van der Waals surface area (Å²) in [7, 11) is 0. The molecule has 23 heavy (non-hydrogen) atoms. The average molecular weight is 308 g/mol. The van der Waals surface area contributed by atoms with Gasteiger partial charge in [0.15, 0.2) is 0 Å². The van der Waals surface area contributed by atoms with Crippen LogP contribution in [0.1, 0.15) is 29.8 Å². The Labute approximate surface area is 136 Å². The van der Waals surface area contributed by atoms with Crippen molar-refractivity contribution in [1.29, 1.82) is 0 Å². The van der Waals surface area contributed by atoms with Crippen LogP contribution in [0, 0.1) is 5.92 Å². The number of nitrogens with one attached hydrogen (secondary N) is 1. The zero-order valence-electron chi connectivity index (χ0n) is 13.4. The quantitative estimate of drug-likeness (QED) is 0.923. The van der Waals surface area contributed by atoms with Gasteiger partial charge < -0.3 is 10.2 Å². The molecule has 0 spiro atoms. The first kappa shape index (κ1) is 15.3. The van der Waals surface area contributed by atoms with Crippen molar-refractivity contribution < 1.29 is 9.59 Å². The fourth-order valence-corrected chi connectivity index (χ4v) is 3.08. The Morgan fingerprint density at radius 2 is 1.91 bits per heavy atom. The van der Waals surface area contributed by atoms with Crippen molar-refractivity contribution in [3.63, 3.8) is 0 Å². The van der Waals surface area contributed by atoms with Crippen molar-refractivity contribution >= 4 is 23.2 Å². The number of carbonyl (C=O) groups excluding carboxylic acids is 2. The summed E-state index contributed by atoms with van der Waals surface area (Å²) in [6.07, 6.45) is 0.992. The highest BCUT2D eigenvalue weighted by molar-refractivity contribution is 6.07. The van der Waals surface area contributed by atoms with Gasteiger partial charge in [-0.1, -0.05) is 31.2 Å². The van der Waals surface area contributed by atoms with Crippen molar-refractivity contribution in [2.24, 2.45) is 5.92 Å². The molecular weight excluding hydrogens is 288 g/mol. The third kappa shape index (κ3) is 3.26. The maximum Gasteiger partial charge on any atom is 0.258 e. The predicted molar refractivity (Wildman–Crippen MR) is 91.7 cm³/mol. The van der Waals surface area contributed by atoms with E-state index in [4.69, 9.17) is 0 Å². The predicted octanol–water partition coefficient (Wildman–Crippen LogP) is 3.48. The summed E-state index contributed by atoms with van der Waals surface area (Å²) in [4.78, 5) is 26.0. The van der Waals surface area contributed by atoms with E-state index in [0.717, 1.165) is 12.1 Å². The molecule has 0 fully saturated rings. The highest BCUT2D eigenvalue weighted by Crippen LogP contribution is 2.30. The summed E-state index contributed by atoms with van der Waals surface area (Å²) in [5.74, 6) is 0.245. The number of amides is 2. The van der Waals surface area contributed by atoms with Crippen LogP contribution in [-0.2, 0) is 11.2 Å². The van der Waals surface area contributed by atoms with Crippen molar-refractivity contribution in [3.8, 4) is 0 Å². The Morgan fingerprint density at radius 3 is 2.70 bits per heavy atom. The molecule has 0 radical (unpaired) electrons. The van der Waals surface area contributed by atoms with E-state index in [2.05, 4.69) is 18.3 Å².